The molecule has 0 saturated carbocycles. The summed E-state index contributed by atoms with van der Waals surface area (Å²) in [6.07, 6.45) is 7.26. The lowest BCUT2D eigenvalue weighted by Gasteiger charge is -2.14. The molecule has 0 aromatic carbocycles. The summed E-state index contributed by atoms with van der Waals surface area (Å²) in [5.41, 5.74) is 2.20. The van der Waals surface area contributed by atoms with Crippen LogP contribution in [0.3, 0.4) is 0 Å². The van der Waals surface area contributed by atoms with Crippen LogP contribution in [0.5, 0.6) is 0 Å². The molecule has 2 heterocycles. The Hall–Kier alpha value is -1.64. The van der Waals surface area contributed by atoms with Gasteiger partial charge in [-0.1, -0.05) is 12.2 Å². The number of aromatic nitrogens is 1. The molecule has 16 heavy (non-hydrogen) atoms. The lowest BCUT2D eigenvalue weighted by Crippen LogP contribution is -2.28. The van der Waals surface area contributed by atoms with Crippen LogP contribution >= 0.6 is 0 Å². The van der Waals surface area contributed by atoms with E-state index in [0.717, 1.165) is 25.2 Å². The van der Waals surface area contributed by atoms with Crippen LogP contribution in [0, 0.1) is 6.92 Å². The van der Waals surface area contributed by atoms with Crippen LogP contribution in [0.2, 0.25) is 0 Å². The zero-order chi connectivity index (χ0) is 11.4. The van der Waals surface area contributed by atoms with Crippen molar-refractivity contribution >= 4 is 5.91 Å². The standard InChI is InChI=1S/C13H16N2O/c1-11-10-12(6-7-14-11)4-5-13(16)15-8-2-3-9-15/h2-3,6-7,10H,4-5,8-9H2,1H3. The van der Waals surface area contributed by atoms with Gasteiger partial charge < -0.3 is 4.90 Å². The third kappa shape index (κ3) is 2.69. The Kier molecular flexibility index (Phi) is 3.34. The summed E-state index contributed by atoms with van der Waals surface area (Å²) in [4.78, 5) is 17.8. The van der Waals surface area contributed by atoms with Gasteiger partial charge in [0, 0.05) is 31.4 Å². The van der Waals surface area contributed by atoms with Gasteiger partial charge in [0.25, 0.3) is 0 Å². The van der Waals surface area contributed by atoms with Crippen LogP contribution in [-0.2, 0) is 11.2 Å². The molecule has 0 N–H and O–H groups in total. The van der Waals surface area contributed by atoms with Gasteiger partial charge in [-0.3, -0.25) is 9.78 Å². The quantitative estimate of drug-likeness (QED) is 0.721. The summed E-state index contributed by atoms with van der Waals surface area (Å²) in [6, 6.07) is 4.01. The average Bonchev–Trinajstić information content (AvgIpc) is 2.79. The number of nitrogens with zero attached hydrogens (tertiary/aromatic N) is 2. The second kappa shape index (κ2) is 4.92. The van der Waals surface area contributed by atoms with Crippen LogP contribution < -0.4 is 0 Å². The molecule has 1 aromatic rings. The molecule has 0 atom stereocenters. The summed E-state index contributed by atoms with van der Waals surface area (Å²) < 4.78 is 0. The normalized spacial score (nSPS) is 14.4. The summed E-state index contributed by atoms with van der Waals surface area (Å²) in [5, 5.41) is 0. The molecule has 1 amide bonds. The minimum absolute atomic E-state index is 0.236. The number of amides is 1. The Balaban J connectivity index is 1.85. The molecule has 3 heteroatoms. The largest absolute Gasteiger partial charge is 0.335 e. The van der Waals surface area contributed by atoms with Gasteiger partial charge in [-0.25, -0.2) is 0 Å². The Morgan fingerprint density at radius 3 is 2.88 bits per heavy atom. The predicted molar refractivity (Wildman–Crippen MR) is 63.0 cm³/mol. The summed E-state index contributed by atoms with van der Waals surface area (Å²) in [7, 11) is 0. The van der Waals surface area contributed by atoms with E-state index in [4.69, 9.17) is 0 Å². The summed E-state index contributed by atoms with van der Waals surface area (Å²) in [6.45, 7) is 3.51. The van der Waals surface area contributed by atoms with Gasteiger partial charge in [0.1, 0.15) is 0 Å². The van der Waals surface area contributed by atoms with E-state index in [1.807, 2.05) is 36.1 Å². The molecule has 0 unspecified atom stereocenters. The number of pyridine rings is 1. The van der Waals surface area contributed by atoms with Gasteiger partial charge >= 0.3 is 0 Å². The molecule has 1 aliphatic rings. The van der Waals surface area contributed by atoms with Crippen LogP contribution in [0.25, 0.3) is 0 Å². The maximum absolute atomic E-state index is 11.8. The minimum Gasteiger partial charge on any atom is -0.335 e. The average molecular weight is 216 g/mol. The highest BCUT2D eigenvalue weighted by atomic mass is 16.2. The van der Waals surface area contributed by atoms with E-state index in [1.54, 1.807) is 6.20 Å². The SMILES string of the molecule is Cc1cc(CCC(=O)N2CC=CC2)ccn1. The van der Waals surface area contributed by atoms with Crippen molar-refractivity contribution in [2.24, 2.45) is 0 Å². The zero-order valence-corrected chi connectivity index (χ0v) is 9.52. The smallest absolute Gasteiger partial charge is 0.223 e. The second-order valence-corrected chi connectivity index (χ2v) is 4.08. The molecule has 3 nitrogen and oxygen atoms in total. The van der Waals surface area contributed by atoms with E-state index in [0.29, 0.717) is 6.42 Å². The first kappa shape index (κ1) is 10.9. The van der Waals surface area contributed by atoms with Crippen LogP contribution in [0.15, 0.2) is 30.5 Å². The first-order valence-corrected chi connectivity index (χ1v) is 5.60. The van der Waals surface area contributed by atoms with Crippen molar-refractivity contribution in [3.63, 3.8) is 0 Å². The molecule has 0 radical (unpaired) electrons. The Bertz CT molecular complexity index is 404. The molecule has 0 bridgehead atoms. The van der Waals surface area contributed by atoms with Gasteiger partial charge in [0.05, 0.1) is 0 Å². The van der Waals surface area contributed by atoms with Crippen molar-refractivity contribution in [2.75, 3.05) is 13.1 Å². The van der Waals surface area contributed by atoms with Gasteiger partial charge in [0.2, 0.25) is 5.91 Å². The van der Waals surface area contributed by atoms with Crippen LogP contribution in [0.4, 0.5) is 0 Å². The fraction of sp³-hybridized carbons (Fsp3) is 0.385. The highest BCUT2D eigenvalue weighted by Gasteiger charge is 2.13. The molecule has 0 aliphatic carbocycles. The first-order chi connectivity index (χ1) is 7.75. The van der Waals surface area contributed by atoms with Gasteiger partial charge in [-0.05, 0) is 31.0 Å². The molecule has 1 aromatic heterocycles. The highest BCUT2D eigenvalue weighted by Crippen LogP contribution is 2.07. The zero-order valence-electron chi connectivity index (χ0n) is 9.52. The van der Waals surface area contributed by atoms with Crippen molar-refractivity contribution in [3.05, 3.63) is 41.7 Å². The van der Waals surface area contributed by atoms with Crippen molar-refractivity contribution in [3.8, 4) is 0 Å². The van der Waals surface area contributed by atoms with E-state index >= 15 is 0 Å². The van der Waals surface area contributed by atoms with E-state index in [1.165, 1.54) is 5.56 Å². The summed E-state index contributed by atoms with van der Waals surface area (Å²) >= 11 is 0. The minimum atomic E-state index is 0.236. The number of carbonyl (C=O) groups is 1. The van der Waals surface area contributed by atoms with Crippen molar-refractivity contribution in [1.29, 1.82) is 0 Å². The number of rotatable bonds is 3. The number of carbonyl (C=O) groups excluding carboxylic acids is 1. The lowest BCUT2D eigenvalue weighted by atomic mass is 10.1. The third-order valence-electron chi connectivity index (χ3n) is 2.76. The summed E-state index contributed by atoms with van der Waals surface area (Å²) in [5.74, 6) is 0.236. The number of hydrogen-bond donors (Lipinski definition) is 0. The molecule has 0 spiro atoms. The lowest BCUT2D eigenvalue weighted by molar-refractivity contribution is -0.129. The van der Waals surface area contributed by atoms with E-state index < -0.39 is 0 Å². The predicted octanol–water partition coefficient (Wildman–Crippen LogP) is 1.72. The van der Waals surface area contributed by atoms with Crippen molar-refractivity contribution < 1.29 is 4.79 Å². The molecule has 0 fully saturated rings. The Morgan fingerprint density at radius 1 is 1.44 bits per heavy atom. The Labute approximate surface area is 95.8 Å². The van der Waals surface area contributed by atoms with E-state index in [9.17, 15) is 4.79 Å². The third-order valence-corrected chi connectivity index (χ3v) is 2.76. The van der Waals surface area contributed by atoms with Gasteiger partial charge in [0.15, 0.2) is 0 Å². The molecule has 84 valence electrons. The van der Waals surface area contributed by atoms with Crippen LogP contribution in [0.1, 0.15) is 17.7 Å². The van der Waals surface area contributed by atoms with E-state index in [-0.39, 0.29) is 5.91 Å². The highest BCUT2D eigenvalue weighted by molar-refractivity contribution is 5.77. The van der Waals surface area contributed by atoms with E-state index in [2.05, 4.69) is 4.98 Å². The molecule has 1 aliphatic heterocycles. The number of hydrogen-bond acceptors (Lipinski definition) is 2. The van der Waals surface area contributed by atoms with Crippen molar-refractivity contribution in [2.45, 2.75) is 19.8 Å². The van der Waals surface area contributed by atoms with Gasteiger partial charge in [-0.2, -0.15) is 0 Å². The maximum Gasteiger partial charge on any atom is 0.223 e. The topological polar surface area (TPSA) is 33.2 Å². The molecular weight excluding hydrogens is 200 g/mol. The molecule has 0 saturated heterocycles. The fourth-order valence-electron chi connectivity index (χ4n) is 1.85. The Morgan fingerprint density at radius 2 is 2.19 bits per heavy atom. The van der Waals surface area contributed by atoms with Crippen molar-refractivity contribution in [1.82, 2.24) is 9.88 Å². The molecular formula is C13H16N2O. The molecule has 2 rings (SSSR count). The van der Waals surface area contributed by atoms with Crippen LogP contribution in [-0.4, -0.2) is 28.9 Å². The van der Waals surface area contributed by atoms with Gasteiger partial charge in [-0.15, -0.1) is 0 Å². The first-order valence-electron chi connectivity index (χ1n) is 5.60. The number of aryl methyl sites for hydroxylation is 2. The monoisotopic (exact) mass is 216 g/mol. The fourth-order valence-corrected chi connectivity index (χ4v) is 1.85. The maximum atomic E-state index is 11.8. The second-order valence-electron chi connectivity index (χ2n) is 4.08.